The second-order valence-corrected chi connectivity index (χ2v) is 5.02. The van der Waals surface area contributed by atoms with Gasteiger partial charge in [0.05, 0.1) is 6.54 Å². The molecule has 0 radical (unpaired) electrons. The van der Waals surface area contributed by atoms with Crippen LogP contribution in [0.1, 0.15) is 20.3 Å². The van der Waals surface area contributed by atoms with E-state index in [0.29, 0.717) is 31.9 Å². The highest BCUT2D eigenvalue weighted by atomic mass is 16.1. The fourth-order valence-corrected chi connectivity index (χ4v) is 1.80. The van der Waals surface area contributed by atoms with Crippen LogP contribution in [-0.2, 0) is 4.79 Å². The largest absolute Gasteiger partial charge is 0.354 e. The molecule has 1 heterocycles. The van der Waals surface area contributed by atoms with Gasteiger partial charge in [-0.15, -0.1) is 0 Å². The lowest BCUT2D eigenvalue weighted by atomic mass is 10.4. The summed E-state index contributed by atoms with van der Waals surface area (Å²) in [6, 6.07) is 0. The van der Waals surface area contributed by atoms with Crippen molar-refractivity contribution in [2.24, 2.45) is 4.99 Å². The summed E-state index contributed by atoms with van der Waals surface area (Å²) < 4.78 is 0. The molecule has 1 rings (SSSR count). The summed E-state index contributed by atoms with van der Waals surface area (Å²) in [5.41, 5.74) is 0. The molecule has 0 aromatic rings. The van der Waals surface area contributed by atoms with Gasteiger partial charge in [0, 0.05) is 26.1 Å². The molecule has 0 bridgehead atoms. The molecule has 1 amide bonds. The maximum absolute atomic E-state index is 11.2. The SMILES string of the molecule is CC#CC#CC#CC#CC#CC#CC#CC#CC1=NCCN1CCNC(=O)CC. The van der Waals surface area contributed by atoms with Crippen LogP contribution in [0.5, 0.6) is 0 Å². The molecule has 0 saturated heterocycles. The highest BCUT2D eigenvalue weighted by Crippen LogP contribution is 1.99. The Kier molecular flexibility index (Phi) is 12.1. The standard InChI is InChI=1S/C25H17N3O/c1-3-5-6-7-8-9-10-11-12-13-14-15-16-17-18-19-24-26-20-22-28(24)23-21-27-25(29)4-2/h4,20-23H2,1-2H3,(H,27,29). The predicted octanol–water partition coefficient (Wildman–Crippen LogP) is 0.274. The number of rotatable bonds is 4. The van der Waals surface area contributed by atoms with Crippen LogP contribution in [-0.4, -0.2) is 42.8 Å². The van der Waals surface area contributed by atoms with Gasteiger partial charge >= 0.3 is 0 Å². The number of amidine groups is 1. The fourth-order valence-electron chi connectivity index (χ4n) is 1.80. The Morgan fingerprint density at radius 3 is 1.93 bits per heavy atom. The van der Waals surface area contributed by atoms with Crippen LogP contribution >= 0.6 is 0 Å². The van der Waals surface area contributed by atoms with E-state index in [2.05, 4.69) is 105 Å². The summed E-state index contributed by atoms with van der Waals surface area (Å²) in [5, 5.41) is 2.83. The molecule has 1 aliphatic heterocycles. The summed E-state index contributed by atoms with van der Waals surface area (Å²) in [5.74, 6) is 42.2. The van der Waals surface area contributed by atoms with Crippen molar-refractivity contribution in [1.82, 2.24) is 10.2 Å². The number of hydrogen-bond donors (Lipinski definition) is 1. The van der Waals surface area contributed by atoms with Crippen molar-refractivity contribution in [2.75, 3.05) is 26.2 Å². The highest BCUT2D eigenvalue weighted by Gasteiger charge is 2.14. The number of nitrogens with one attached hydrogen (secondary N) is 1. The molecule has 29 heavy (non-hydrogen) atoms. The molecule has 0 fully saturated rings. The Morgan fingerprint density at radius 2 is 1.41 bits per heavy atom. The highest BCUT2D eigenvalue weighted by molar-refractivity contribution is 6.00. The third-order valence-corrected chi connectivity index (χ3v) is 3.07. The molecule has 0 atom stereocenters. The number of carbonyl (C=O) groups is 1. The number of carbonyl (C=O) groups excluding carboxylic acids is 1. The van der Waals surface area contributed by atoms with Gasteiger partial charge in [0.2, 0.25) is 5.91 Å². The topological polar surface area (TPSA) is 44.7 Å². The Hall–Kier alpha value is -4.58. The maximum atomic E-state index is 11.2. The number of nitrogens with zero attached hydrogens (tertiary/aromatic N) is 2. The minimum Gasteiger partial charge on any atom is -0.354 e. The molecule has 0 aromatic carbocycles. The lowest BCUT2D eigenvalue weighted by Gasteiger charge is -2.16. The van der Waals surface area contributed by atoms with Gasteiger partial charge in [-0.2, -0.15) is 0 Å². The van der Waals surface area contributed by atoms with Crippen molar-refractivity contribution in [1.29, 1.82) is 0 Å². The van der Waals surface area contributed by atoms with Gasteiger partial charge < -0.3 is 10.2 Å². The molecule has 0 saturated carbocycles. The van der Waals surface area contributed by atoms with Crippen LogP contribution in [0, 0.1) is 94.7 Å². The van der Waals surface area contributed by atoms with Crippen molar-refractivity contribution in [3.8, 4) is 94.7 Å². The van der Waals surface area contributed by atoms with Crippen molar-refractivity contribution < 1.29 is 4.79 Å². The van der Waals surface area contributed by atoms with E-state index in [0.717, 1.165) is 6.54 Å². The van der Waals surface area contributed by atoms with E-state index in [4.69, 9.17) is 0 Å². The Bertz CT molecular complexity index is 1140. The van der Waals surface area contributed by atoms with Gasteiger partial charge in [-0.05, 0) is 95.7 Å². The molecule has 4 heteroatoms. The Labute approximate surface area is 173 Å². The average Bonchev–Trinajstić information content (AvgIpc) is 3.18. The maximum Gasteiger partial charge on any atom is 0.219 e. The first-order valence-corrected chi connectivity index (χ1v) is 8.76. The monoisotopic (exact) mass is 375 g/mol. The van der Waals surface area contributed by atoms with E-state index in [-0.39, 0.29) is 5.91 Å². The van der Waals surface area contributed by atoms with Crippen molar-refractivity contribution in [3.05, 3.63) is 0 Å². The van der Waals surface area contributed by atoms with Crippen molar-refractivity contribution >= 4 is 11.7 Å². The number of aliphatic imine (C=N–C) groups is 1. The van der Waals surface area contributed by atoms with Crippen LogP contribution in [0.4, 0.5) is 0 Å². The normalized spacial score (nSPS) is 9.31. The predicted molar refractivity (Wildman–Crippen MR) is 115 cm³/mol. The van der Waals surface area contributed by atoms with Crippen molar-refractivity contribution in [3.63, 3.8) is 0 Å². The van der Waals surface area contributed by atoms with Crippen molar-refractivity contribution in [2.45, 2.75) is 20.3 Å². The fraction of sp³-hybridized carbons (Fsp3) is 0.280. The second-order valence-electron chi connectivity index (χ2n) is 5.02. The molecule has 0 unspecified atom stereocenters. The van der Waals surface area contributed by atoms with Gasteiger partial charge in [0.15, 0.2) is 5.84 Å². The van der Waals surface area contributed by atoms with E-state index in [1.807, 2.05) is 11.8 Å². The van der Waals surface area contributed by atoms with Crippen LogP contribution in [0.25, 0.3) is 0 Å². The minimum absolute atomic E-state index is 0.0345. The number of amides is 1. The molecule has 0 aromatic heterocycles. The summed E-state index contributed by atoms with van der Waals surface area (Å²) in [6.45, 7) is 6.25. The lowest BCUT2D eigenvalue weighted by molar-refractivity contribution is -0.120. The summed E-state index contributed by atoms with van der Waals surface area (Å²) in [7, 11) is 0. The average molecular weight is 375 g/mol. The molecule has 138 valence electrons. The zero-order valence-electron chi connectivity index (χ0n) is 16.3. The van der Waals surface area contributed by atoms with Gasteiger partial charge in [-0.3, -0.25) is 9.79 Å². The first-order chi connectivity index (χ1) is 14.3. The Balaban J connectivity index is 2.45. The molecule has 1 N–H and O–H groups in total. The first-order valence-electron chi connectivity index (χ1n) is 8.76. The van der Waals surface area contributed by atoms with Gasteiger partial charge in [0.25, 0.3) is 0 Å². The summed E-state index contributed by atoms with van der Waals surface area (Å²) in [6.07, 6.45) is 0.479. The minimum atomic E-state index is 0.0345. The second kappa shape index (κ2) is 15.7. The summed E-state index contributed by atoms with van der Waals surface area (Å²) >= 11 is 0. The van der Waals surface area contributed by atoms with Crippen LogP contribution in [0.2, 0.25) is 0 Å². The summed E-state index contributed by atoms with van der Waals surface area (Å²) in [4.78, 5) is 17.6. The van der Waals surface area contributed by atoms with E-state index in [1.54, 1.807) is 6.92 Å². The van der Waals surface area contributed by atoms with Gasteiger partial charge in [-0.25, -0.2) is 0 Å². The Morgan fingerprint density at radius 1 is 0.897 bits per heavy atom. The molecule has 4 nitrogen and oxygen atoms in total. The molecule has 1 aliphatic rings. The van der Waals surface area contributed by atoms with Crippen LogP contribution < -0.4 is 5.32 Å². The molecular weight excluding hydrogens is 358 g/mol. The van der Waals surface area contributed by atoms with Crippen LogP contribution in [0.15, 0.2) is 4.99 Å². The molecule has 0 aliphatic carbocycles. The zero-order chi connectivity index (χ0) is 21.0. The van der Waals surface area contributed by atoms with E-state index >= 15 is 0 Å². The van der Waals surface area contributed by atoms with E-state index in [9.17, 15) is 4.79 Å². The smallest absolute Gasteiger partial charge is 0.219 e. The van der Waals surface area contributed by atoms with Gasteiger partial charge in [0.1, 0.15) is 0 Å². The van der Waals surface area contributed by atoms with Crippen LogP contribution in [0.3, 0.4) is 0 Å². The quantitative estimate of drug-likeness (QED) is 0.718. The van der Waals surface area contributed by atoms with E-state index in [1.165, 1.54) is 0 Å². The first kappa shape index (κ1) is 22.5. The zero-order valence-corrected chi connectivity index (χ0v) is 16.3. The van der Waals surface area contributed by atoms with Gasteiger partial charge in [-0.1, -0.05) is 12.8 Å². The molecular formula is C25H17N3O. The van der Waals surface area contributed by atoms with E-state index < -0.39 is 0 Å². The third kappa shape index (κ3) is 11.6. The molecule has 0 spiro atoms. The number of hydrogen-bond acceptors (Lipinski definition) is 3. The lowest BCUT2D eigenvalue weighted by Crippen LogP contribution is -2.36. The third-order valence-electron chi connectivity index (χ3n) is 3.07.